The van der Waals surface area contributed by atoms with Crippen LogP contribution in [0.4, 0.5) is 0 Å². The van der Waals surface area contributed by atoms with Crippen LogP contribution in [0.1, 0.15) is 39.5 Å². The minimum atomic E-state index is -0.0983. The summed E-state index contributed by atoms with van der Waals surface area (Å²) < 4.78 is 4.92. The quantitative estimate of drug-likeness (QED) is 0.728. The molecule has 0 aromatic rings. The van der Waals surface area contributed by atoms with Gasteiger partial charge in [0.15, 0.2) is 0 Å². The molecule has 1 aliphatic heterocycles. The lowest BCUT2D eigenvalue weighted by Crippen LogP contribution is -2.35. The maximum atomic E-state index is 11.2. The Bertz CT molecular complexity index is 205. The molecule has 0 aliphatic carbocycles. The number of nitrogens with one attached hydrogen (secondary N) is 1. The van der Waals surface area contributed by atoms with Crippen LogP contribution in [0.25, 0.3) is 0 Å². The molecule has 0 aromatic carbocycles. The van der Waals surface area contributed by atoms with E-state index in [1.807, 2.05) is 13.8 Å². The van der Waals surface area contributed by atoms with Crippen LogP contribution in [0, 0.1) is 0 Å². The molecule has 1 fully saturated rings. The summed E-state index contributed by atoms with van der Waals surface area (Å²) in [7, 11) is 0. The van der Waals surface area contributed by atoms with Crippen molar-refractivity contribution in [2.75, 3.05) is 18.9 Å². The maximum Gasteiger partial charge on any atom is 0.307 e. The third-order valence-electron chi connectivity index (χ3n) is 2.75. The van der Waals surface area contributed by atoms with Crippen molar-refractivity contribution < 1.29 is 9.53 Å². The highest BCUT2D eigenvalue weighted by atomic mass is 32.2. The van der Waals surface area contributed by atoms with Crippen molar-refractivity contribution >= 4 is 17.7 Å². The van der Waals surface area contributed by atoms with Crippen molar-refractivity contribution in [3.05, 3.63) is 0 Å². The zero-order chi connectivity index (χ0) is 11.8. The number of esters is 1. The van der Waals surface area contributed by atoms with Crippen molar-refractivity contribution in [2.45, 2.75) is 50.8 Å². The fraction of sp³-hybridized carbons (Fsp3) is 0.917. The predicted octanol–water partition coefficient (Wildman–Crippen LogP) is 2.20. The SMILES string of the molecule is CCOC(=O)CC(C)NCC1CCCCS1. The second kappa shape index (κ2) is 7.96. The summed E-state index contributed by atoms with van der Waals surface area (Å²) in [6, 6.07) is 0.224. The molecule has 94 valence electrons. The topological polar surface area (TPSA) is 38.3 Å². The van der Waals surface area contributed by atoms with E-state index in [1.54, 1.807) is 0 Å². The minimum absolute atomic E-state index is 0.0983. The van der Waals surface area contributed by atoms with Crippen molar-refractivity contribution in [2.24, 2.45) is 0 Å². The normalized spacial score (nSPS) is 22.8. The largest absolute Gasteiger partial charge is 0.466 e. The standard InChI is InChI=1S/C12H23NO2S/c1-3-15-12(14)8-10(2)13-9-11-6-4-5-7-16-11/h10-11,13H,3-9H2,1-2H3. The van der Waals surface area contributed by atoms with E-state index < -0.39 is 0 Å². The number of thioether (sulfide) groups is 1. The number of hydrogen-bond donors (Lipinski definition) is 1. The van der Waals surface area contributed by atoms with Gasteiger partial charge in [0, 0.05) is 17.8 Å². The van der Waals surface area contributed by atoms with E-state index in [1.165, 1.54) is 25.0 Å². The van der Waals surface area contributed by atoms with E-state index >= 15 is 0 Å². The fourth-order valence-electron chi connectivity index (χ4n) is 1.84. The molecule has 1 rings (SSSR count). The van der Waals surface area contributed by atoms with Gasteiger partial charge in [0.05, 0.1) is 13.0 Å². The van der Waals surface area contributed by atoms with Crippen molar-refractivity contribution in [1.29, 1.82) is 0 Å². The highest BCUT2D eigenvalue weighted by Crippen LogP contribution is 2.24. The number of rotatable bonds is 6. The molecule has 3 nitrogen and oxygen atoms in total. The molecule has 2 atom stereocenters. The second-order valence-electron chi connectivity index (χ2n) is 4.31. The van der Waals surface area contributed by atoms with Crippen LogP contribution in [-0.4, -0.2) is 36.2 Å². The zero-order valence-electron chi connectivity index (χ0n) is 10.3. The molecule has 16 heavy (non-hydrogen) atoms. The zero-order valence-corrected chi connectivity index (χ0v) is 11.1. The lowest BCUT2D eigenvalue weighted by atomic mass is 10.1. The van der Waals surface area contributed by atoms with Gasteiger partial charge in [-0.25, -0.2) is 0 Å². The van der Waals surface area contributed by atoms with E-state index in [0.717, 1.165) is 11.8 Å². The first kappa shape index (κ1) is 13.8. The molecule has 0 amide bonds. The average Bonchev–Trinajstić information content (AvgIpc) is 2.28. The summed E-state index contributed by atoms with van der Waals surface area (Å²) in [4.78, 5) is 11.2. The van der Waals surface area contributed by atoms with Crippen molar-refractivity contribution in [3.63, 3.8) is 0 Å². The number of carbonyl (C=O) groups is 1. The van der Waals surface area contributed by atoms with Crippen LogP contribution in [0.5, 0.6) is 0 Å². The van der Waals surface area contributed by atoms with Crippen molar-refractivity contribution in [1.82, 2.24) is 5.32 Å². The van der Waals surface area contributed by atoms with Gasteiger partial charge in [0.1, 0.15) is 0 Å². The summed E-state index contributed by atoms with van der Waals surface area (Å²) >= 11 is 2.06. The number of carbonyl (C=O) groups excluding carboxylic acids is 1. The van der Waals surface area contributed by atoms with Gasteiger partial charge in [-0.2, -0.15) is 11.8 Å². The number of hydrogen-bond acceptors (Lipinski definition) is 4. The van der Waals surface area contributed by atoms with E-state index in [0.29, 0.717) is 13.0 Å². The molecule has 1 saturated heterocycles. The first-order valence-corrected chi connectivity index (χ1v) is 7.28. The molecule has 0 bridgehead atoms. The van der Waals surface area contributed by atoms with E-state index in [4.69, 9.17) is 4.74 Å². The van der Waals surface area contributed by atoms with Crippen molar-refractivity contribution in [3.8, 4) is 0 Å². The third-order valence-corrected chi connectivity index (χ3v) is 4.14. The molecule has 1 N–H and O–H groups in total. The molecule has 0 saturated carbocycles. The van der Waals surface area contributed by atoms with Crippen LogP contribution < -0.4 is 5.32 Å². The highest BCUT2D eigenvalue weighted by Gasteiger charge is 2.15. The van der Waals surface area contributed by atoms with Gasteiger partial charge in [-0.1, -0.05) is 6.42 Å². The Morgan fingerprint density at radius 3 is 3.00 bits per heavy atom. The van der Waals surface area contributed by atoms with Gasteiger partial charge in [-0.3, -0.25) is 4.79 Å². The molecule has 4 heteroatoms. The highest BCUT2D eigenvalue weighted by molar-refractivity contribution is 7.99. The van der Waals surface area contributed by atoms with Crippen LogP contribution in [0.3, 0.4) is 0 Å². The van der Waals surface area contributed by atoms with Gasteiger partial charge in [0.25, 0.3) is 0 Å². The predicted molar refractivity (Wildman–Crippen MR) is 68.8 cm³/mol. The Balaban J connectivity index is 2.08. The molecule has 0 radical (unpaired) electrons. The summed E-state index contributed by atoms with van der Waals surface area (Å²) in [6.07, 6.45) is 4.50. The lowest BCUT2D eigenvalue weighted by molar-refractivity contribution is -0.143. The monoisotopic (exact) mass is 245 g/mol. The van der Waals surface area contributed by atoms with E-state index in [-0.39, 0.29) is 12.0 Å². The Hall–Kier alpha value is -0.220. The molecule has 0 aromatic heterocycles. The molecular weight excluding hydrogens is 222 g/mol. The summed E-state index contributed by atoms with van der Waals surface area (Å²) in [5.74, 6) is 1.19. The first-order valence-electron chi connectivity index (χ1n) is 6.23. The lowest BCUT2D eigenvalue weighted by Gasteiger charge is -2.23. The average molecular weight is 245 g/mol. The molecular formula is C12H23NO2S. The van der Waals surface area contributed by atoms with Gasteiger partial charge < -0.3 is 10.1 Å². The maximum absolute atomic E-state index is 11.2. The Morgan fingerprint density at radius 2 is 2.38 bits per heavy atom. The fourth-order valence-corrected chi connectivity index (χ4v) is 3.09. The number of ether oxygens (including phenoxy) is 1. The van der Waals surface area contributed by atoms with Crippen LogP contribution >= 0.6 is 11.8 Å². The molecule has 1 heterocycles. The second-order valence-corrected chi connectivity index (χ2v) is 5.72. The van der Waals surface area contributed by atoms with Gasteiger partial charge in [-0.15, -0.1) is 0 Å². The molecule has 1 aliphatic rings. The summed E-state index contributed by atoms with van der Waals surface area (Å²) in [5, 5.41) is 4.15. The third kappa shape index (κ3) is 5.75. The first-order chi connectivity index (χ1) is 7.72. The van der Waals surface area contributed by atoms with E-state index in [2.05, 4.69) is 17.1 Å². The van der Waals surface area contributed by atoms with Gasteiger partial charge in [0.2, 0.25) is 0 Å². The van der Waals surface area contributed by atoms with Crippen LogP contribution in [0.2, 0.25) is 0 Å². The van der Waals surface area contributed by atoms with Crippen LogP contribution in [0.15, 0.2) is 0 Å². The Kier molecular flexibility index (Phi) is 6.88. The van der Waals surface area contributed by atoms with Gasteiger partial charge in [-0.05, 0) is 32.4 Å². The van der Waals surface area contributed by atoms with Crippen LogP contribution in [-0.2, 0) is 9.53 Å². The Labute approximate surface area is 103 Å². The van der Waals surface area contributed by atoms with Gasteiger partial charge >= 0.3 is 5.97 Å². The summed E-state index contributed by atoms with van der Waals surface area (Å²) in [5.41, 5.74) is 0. The Morgan fingerprint density at radius 1 is 1.56 bits per heavy atom. The minimum Gasteiger partial charge on any atom is -0.466 e. The molecule has 0 spiro atoms. The van der Waals surface area contributed by atoms with E-state index in [9.17, 15) is 4.79 Å². The smallest absolute Gasteiger partial charge is 0.307 e. The summed E-state index contributed by atoms with van der Waals surface area (Å²) in [6.45, 7) is 5.38. The molecule has 2 unspecified atom stereocenters.